The Morgan fingerprint density at radius 3 is 2.42 bits per heavy atom. The molecular weight excluding hydrogens is 526 g/mol. The van der Waals surface area contributed by atoms with Crippen LogP contribution >= 0.6 is 11.6 Å². The molecule has 208 valence electrons. The lowest BCUT2D eigenvalue weighted by molar-refractivity contribution is -0.137. The van der Waals surface area contributed by atoms with Crippen LogP contribution in [0.15, 0.2) is 72.8 Å². The van der Waals surface area contributed by atoms with E-state index in [0.29, 0.717) is 36.8 Å². The fourth-order valence-corrected chi connectivity index (χ4v) is 6.05. The van der Waals surface area contributed by atoms with Gasteiger partial charge in [0.1, 0.15) is 0 Å². The highest BCUT2D eigenvalue weighted by molar-refractivity contribution is 6.30. The number of rotatable bonds is 10. The molecule has 2 aliphatic rings. The minimum absolute atomic E-state index is 0.0399. The maximum Gasteiger partial charge on any atom is 0.324 e. The number of halogens is 1. The lowest BCUT2D eigenvalue weighted by Gasteiger charge is -2.24. The Labute approximate surface area is 239 Å². The largest absolute Gasteiger partial charge is 0.481 e. The van der Waals surface area contributed by atoms with Gasteiger partial charge in [-0.05, 0) is 72.2 Å². The first kappa shape index (κ1) is 27.7. The van der Waals surface area contributed by atoms with Gasteiger partial charge in [-0.3, -0.25) is 14.5 Å². The number of urea groups is 1. The average Bonchev–Trinajstić information content (AvgIpc) is 3.59. The molecule has 0 bridgehead atoms. The molecule has 8 heteroatoms. The third-order valence-electron chi connectivity index (χ3n) is 7.90. The van der Waals surface area contributed by atoms with Crippen LogP contribution in [0.3, 0.4) is 0 Å². The average molecular weight is 560 g/mol. The summed E-state index contributed by atoms with van der Waals surface area (Å²) in [5, 5.41) is 12.7. The predicted molar refractivity (Wildman–Crippen MR) is 157 cm³/mol. The fourth-order valence-electron chi connectivity index (χ4n) is 5.87. The summed E-state index contributed by atoms with van der Waals surface area (Å²) >= 11 is 6.12. The molecule has 3 aromatic carbocycles. The summed E-state index contributed by atoms with van der Waals surface area (Å²) in [7, 11) is 0. The lowest BCUT2D eigenvalue weighted by Crippen LogP contribution is -2.31. The van der Waals surface area contributed by atoms with E-state index >= 15 is 0 Å². The molecule has 2 fully saturated rings. The van der Waals surface area contributed by atoms with Gasteiger partial charge < -0.3 is 15.3 Å². The van der Waals surface area contributed by atoms with Gasteiger partial charge in [-0.1, -0.05) is 66.9 Å². The molecule has 0 aromatic heterocycles. The van der Waals surface area contributed by atoms with Gasteiger partial charge in [0.15, 0.2) is 0 Å². The van der Waals surface area contributed by atoms with E-state index in [0.717, 1.165) is 48.1 Å². The molecule has 0 radical (unpaired) electrons. The van der Waals surface area contributed by atoms with Crippen LogP contribution in [0.5, 0.6) is 0 Å². The summed E-state index contributed by atoms with van der Waals surface area (Å²) in [6.45, 7) is 1.74. The van der Waals surface area contributed by atoms with Crippen molar-refractivity contribution in [2.24, 2.45) is 5.92 Å². The highest BCUT2D eigenvalue weighted by Gasteiger charge is 2.33. The Morgan fingerprint density at radius 2 is 1.70 bits per heavy atom. The quantitative estimate of drug-likeness (QED) is 0.289. The first-order chi connectivity index (χ1) is 19.4. The normalized spacial score (nSPS) is 16.4. The Balaban J connectivity index is 1.27. The van der Waals surface area contributed by atoms with Crippen molar-refractivity contribution in [3.8, 4) is 0 Å². The van der Waals surface area contributed by atoms with E-state index in [2.05, 4.69) is 5.32 Å². The second-order valence-electron chi connectivity index (χ2n) is 10.7. The van der Waals surface area contributed by atoms with E-state index in [4.69, 9.17) is 16.7 Å². The molecular formula is C32H34ClN3O4. The second kappa shape index (κ2) is 12.6. The SMILES string of the molecule is O=C(O)CCc1cccc(NC(=O)C(c2ccc(CN3CCN(c4cccc(Cl)c4)C3=O)cc2)C2CCCC2)c1. The van der Waals surface area contributed by atoms with Gasteiger partial charge in [0, 0.05) is 42.5 Å². The minimum atomic E-state index is -0.841. The highest BCUT2D eigenvalue weighted by atomic mass is 35.5. The number of carboxylic acid groups (broad SMARTS) is 1. The van der Waals surface area contributed by atoms with Gasteiger partial charge in [0.05, 0.1) is 5.92 Å². The molecule has 1 aliphatic carbocycles. The van der Waals surface area contributed by atoms with Crippen LogP contribution in [-0.2, 0) is 22.6 Å². The second-order valence-corrected chi connectivity index (χ2v) is 11.1. The van der Waals surface area contributed by atoms with Crippen LogP contribution in [0, 0.1) is 5.92 Å². The zero-order valence-electron chi connectivity index (χ0n) is 22.4. The van der Waals surface area contributed by atoms with Crippen LogP contribution in [0.2, 0.25) is 5.02 Å². The topological polar surface area (TPSA) is 89.9 Å². The number of anilines is 2. The van der Waals surface area contributed by atoms with Crippen LogP contribution in [0.4, 0.5) is 16.2 Å². The number of nitrogens with zero attached hydrogens (tertiary/aromatic N) is 2. The molecule has 1 atom stereocenters. The monoisotopic (exact) mass is 559 g/mol. The molecule has 5 rings (SSSR count). The van der Waals surface area contributed by atoms with E-state index in [9.17, 15) is 14.4 Å². The number of nitrogens with one attached hydrogen (secondary N) is 1. The van der Waals surface area contributed by atoms with Crippen molar-refractivity contribution in [1.29, 1.82) is 0 Å². The number of carbonyl (C=O) groups excluding carboxylic acids is 2. The smallest absolute Gasteiger partial charge is 0.324 e. The standard InChI is InChI=1S/C32H34ClN3O4/c33-26-8-4-10-28(20-26)36-18-17-35(32(36)40)21-23-11-14-25(15-12-23)30(24-6-1-2-7-24)31(39)34-27-9-3-5-22(19-27)13-16-29(37)38/h3-5,8-12,14-15,19-20,24,30H,1-2,6-7,13,16-18,21H2,(H,34,39)(H,37,38). The molecule has 1 saturated carbocycles. The van der Waals surface area contributed by atoms with Crippen molar-refractivity contribution < 1.29 is 19.5 Å². The van der Waals surface area contributed by atoms with Crippen molar-refractivity contribution in [3.05, 3.63) is 94.5 Å². The zero-order valence-corrected chi connectivity index (χ0v) is 23.1. The molecule has 3 amide bonds. The molecule has 0 spiro atoms. The third-order valence-corrected chi connectivity index (χ3v) is 8.14. The Hall–Kier alpha value is -3.84. The maximum atomic E-state index is 13.6. The summed E-state index contributed by atoms with van der Waals surface area (Å²) in [5.74, 6) is -0.882. The van der Waals surface area contributed by atoms with Gasteiger partial charge in [-0.2, -0.15) is 0 Å². The van der Waals surface area contributed by atoms with Crippen LogP contribution in [0.25, 0.3) is 0 Å². The molecule has 7 nitrogen and oxygen atoms in total. The first-order valence-corrected chi connectivity index (χ1v) is 14.3. The minimum Gasteiger partial charge on any atom is -0.481 e. The van der Waals surface area contributed by atoms with Gasteiger partial charge >= 0.3 is 12.0 Å². The van der Waals surface area contributed by atoms with Gasteiger partial charge in [-0.15, -0.1) is 0 Å². The predicted octanol–water partition coefficient (Wildman–Crippen LogP) is 6.71. The van der Waals surface area contributed by atoms with E-state index in [1.54, 1.807) is 17.0 Å². The van der Waals surface area contributed by atoms with Crippen molar-refractivity contribution in [2.75, 3.05) is 23.3 Å². The maximum absolute atomic E-state index is 13.6. The first-order valence-electron chi connectivity index (χ1n) is 13.9. The van der Waals surface area contributed by atoms with E-state index in [1.807, 2.05) is 65.6 Å². The van der Waals surface area contributed by atoms with E-state index in [1.165, 1.54) is 0 Å². The number of aliphatic carboxylic acids is 1. The van der Waals surface area contributed by atoms with Crippen molar-refractivity contribution in [1.82, 2.24) is 4.90 Å². The Morgan fingerprint density at radius 1 is 0.950 bits per heavy atom. The lowest BCUT2D eigenvalue weighted by atomic mass is 9.83. The number of amides is 3. The van der Waals surface area contributed by atoms with Gasteiger partial charge in [0.25, 0.3) is 0 Å². The Bertz CT molecular complexity index is 1370. The molecule has 2 N–H and O–H groups in total. The number of hydrogen-bond acceptors (Lipinski definition) is 3. The summed E-state index contributed by atoms with van der Waals surface area (Å²) in [6.07, 6.45) is 4.74. The fraction of sp³-hybridized carbons (Fsp3) is 0.344. The van der Waals surface area contributed by atoms with Gasteiger partial charge in [0.2, 0.25) is 5.91 Å². The molecule has 1 saturated heterocycles. The number of aryl methyl sites for hydroxylation is 1. The highest BCUT2D eigenvalue weighted by Crippen LogP contribution is 2.38. The number of hydrogen-bond donors (Lipinski definition) is 2. The number of carboxylic acids is 1. The molecule has 40 heavy (non-hydrogen) atoms. The van der Waals surface area contributed by atoms with Crippen LogP contribution in [0.1, 0.15) is 54.7 Å². The van der Waals surface area contributed by atoms with Gasteiger partial charge in [-0.25, -0.2) is 4.79 Å². The summed E-state index contributed by atoms with van der Waals surface area (Å²) in [6, 6.07) is 22.8. The number of carbonyl (C=O) groups is 3. The molecule has 1 heterocycles. The van der Waals surface area contributed by atoms with Crippen molar-refractivity contribution in [3.63, 3.8) is 0 Å². The van der Waals surface area contributed by atoms with Crippen molar-refractivity contribution in [2.45, 2.75) is 51.0 Å². The Kier molecular flexibility index (Phi) is 8.70. The number of benzene rings is 3. The van der Waals surface area contributed by atoms with Crippen molar-refractivity contribution >= 4 is 40.9 Å². The zero-order chi connectivity index (χ0) is 28.1. The van der Waals surface area contributed by atoms with Crippen LogP contribution < -0.4 is 10.2 Å². The third kappa shape index (κ3) is 6.65. The molecule has 3 aromatic rings. The summed E-state index contributed by atoms with van der Waals surface area (Å²) in [5.41, 5.74) is 4.36. The van der Waals surface area contributed by atoms with E-state index in [-0.39, 0.29) is 30.2 Å². The van der Waals surface area contributed by atoms with E-state index < -0.39 is 5.97 Å². The molecule has 1 unspecified atom stereocenters. The summed E-state index contributed by atoms with van der Waals surface area (Å²) < 4.78 is 0. The summed E-state index contributed by atoms with van der Waals surface area (Å²) in [4.78, 5) is 41.2. The van der Waals surface area contributed by atoms with Crippen LogP contribution in [-0.4, -0.2) is 41.0 Å². The molecule has 1 aliphatic heterocycles.